The lowest BCUT2D eigenvalue weighted by atomic mass is 10.2. The van der Waals surface area contributed by atoms with E-state index in [0.717, 1.165) is 0 Å². The van der Waals surface area contributed by atoms with Crippen LogP contribution < -0.4 is 10.5 Å². The molecule has 0 saturated carbocycles. The van der Waals surface area contributed by atoms with Gasteiger partial charge >= 0.3 is 0 Å². The zero-order valence-corrected chi connectivity index (χ0v) is 9.00. The first-order valence-electron chi connectivity index (χ1n) is 4.42. The standard InChI is InChI=1S/C10H13N3O2/c1-13(2)9-4-7(6-15-3)12-10(14)8(9)5-11/h4H,6H2,1-3H3,(H,12,14). The normalized spacial score (nSPS) is 9.73. The number of aromatic nitrogens is 1. The van der Waals surface area contributed by atoms with E-state index in [-0.39, 0.29) is 11.1 Å². The fraction of sp³-hybridized carbons (Fsp3) is 0.400. The number of pyridine rings is 1. The molecular formula is C10H13N3O2. The van der Waals surface area contributed by atoms with Crippen LogP contribution >= 0.6 is 0 Å². The molecule has 0 aliphatic rings. The lowest BCUT2D eigenvalue weighted by molar-refractivity contribution is 0.181. The molecule has 0 aliphatic heterocycles. The molecule has 0 spiro atoms. The van der Waals surface area contributed by atoms with Crippen LogP contribution in [0.5, 0.6) is 0 Å². The van der Waals surface area contributed by atoms with Crippen LogP contribution in [0.2, 0.25) is 0 Å². The molecule has 0 aromatic carbocycles. The highest BCUT2D eigenvalue weighted by Gasteiger charge is 2.10. The Morgan fingerprint density at radius 3 is 2.73 bits per heavy atom. The number of aromatic amines is 1. The van der Waals surface area contributed by atoms with Gasteiger partial charge in [0.25, 0.3) is 5.56 Å². The van der Waals surface area contributed by atoms with Crippen molar-refractivity contribution in [1.82, 2.24) is 4.98 Å². The number of nitriles is 1. The lowest BCUT2D eigenvalue weighted by Crippen LogP contribution is -2.20. The van der Waals surface area contributed by atoms with Gasteiger partial charge in [-0.3, -0.25) is 4.79 Å². The van der Waals surface area contributed by atoms with Gasteiger partial charge in [-0.05, 0) is 6.07 Å². The fourth-order valence-corrected chi connectivity index (χ4v) is 1.29. The van der Waals surface area contributed by atoms with E-state index >= 15 is 0 Å². The minimum atomic E-state index is -0.379. The number of ether oxygens (including phenoxy) is 1. The summed E-state index contributed by atoms with van der Waals surface area (Å²) in [6.45, 7) is 0.321. The van der Waals surface area contributed by atoms with Crippen molar-refractivity contribution in [2.24, 2.45) is 0 Å². The Balaban J connectivity index is 3.34. The number of methoxy groups -OCH3 is 1. The average Bonchev–Trinajstić information content (AvgIpc) is 2.17. The minimum absolute atomic E-state index is 0.125. The SMILES string of the molecule is COCc1cc(N(C)C)c(C#N)c(=O)[nH]1. The monoisotopic (exact) mass is 207 g/mol. The zero-order chi connectivity index (χ0) is 11.4. The summed E-state index contributed by atoms with van der Waals surface area (Å²) in [6, 6.07) is 3.63. The molecule has 0 saturated heterocycles. The number of hydrogen-bond acceptors (Lipinski definition) is 4. The van der Waals surface area contributed by atoms with Crippen LogP contribution in [0.15, 0.2) is 10.9 Å². The molecule has 1 aromatic heterocycles. The van der Waals surface area contributed by atoms with E-state index < -0.39 is 0 Å². The molecule has 0 fully saturated rings. The van der Waals surface area contributed by atoms with E-state index in [1.54, 1.807) is 32.2 Å². The van der Waals surface area contributed by atoms with Crippen LogP contribution in [0, 0.1) is 11.3 Å². The molecule has 1 aromatic rings. The van der Waals surface area contributed by atoms with Crippen LogP contribution in [-0.4, -0.2) is 26.2 Å². The van der Waals surface area contributed by atoms with E-state index in [9.17, 15) is 4.79 Å². The summed E-state index contributed by atoms with van der Waals surface area (Å²) < 4.78 is 4.92. The van der Waals surface area contributed by atoms with Crippen LogP contribution in [-0.2, 0) is 11.3 Å². The van der Waals surface area contributed by atoms with Gasteiger partial charge in [-0.2, -0.15) is 5.26 Å². The zero-order valence-electron chi connectivity index (χ0n) is 9.00. The molecular weight excluding hydrogens is 194 g/mol. The third kappa shape index (κ3) is 2.36. The molecule has 0 radical (unpaired) electrons. The molecule has 0 bridgehead atoms. The Morgan fingerprint density at radius 1 is 1.60 bits per heavy atom. The fourth-order valence-electron chi connectivity index (χ4n) is 1.29. The summed E-state index contributed by atoms with van der Waals surface area (Å²) in [5.74, 6) is 0. The highest BCUT2D eigenvalue weighted by molar-refractivity contribution is 5.57. The van der Waals surface area contributed by atoms with Gasteiger partial charge in [0.15, 0.2) is 0 Å². The number of nitrogens with one attached hydrogen (secondary N) is 1. The van der Waals surface area contributed by atoms with E-state index in [0.29, 0.717) is 18.0 Å². The van der Waals surface area contributed by atoms with E-state index in [2.05, 4.69) is 4.98 Å². The van der Waals surface area contributed by atoms with Crippen molar-refractivity contribution in [3.05, 3.63) is 27.7 Å². The van der Waals surface area contributed by atoms with Gasteiger partial charge in [-0.15, -0.1) is 0 Å². The van der Waals surface area contributed by atoms with Crippen LogP contribution in [0.3, 0.4) is 0 Å². The van der Waals surface area contributed by atoms with Crippen LogP contribution in [0.4, 0.5) is 5.69 Å². The summed E-state index contributed by atoms with van der Waals surface area (Å²) in [5, 5.41) is 8.84. The number of rotatable bonds is 3. The molecule has 0 unspecified atom stereocenters. The Kier molecular flexibility index (Phi) is 3.47. The van der Waals surface area contributed by atoms with Gasteiger partial charge in [-0.1, -0.05) is 0 Å². The maximum absolute atomic E-state index is 11.5. The van der Waals surface area contributed by atoms with Crippen molar-refractivity contribution in [1.29, 1.82) is 5.26 Å². The highest BCUT2D eigenvalue weighted by Crippen LogP contribution is 2.14. The average molecular weight is 207 g/mol. The third-order valence-electron chi connectivity index (χ3n) is 1.96. The molecule has 15 heavy (non-hydrogen) atoms. The summed E-state index contributed by atoms with van der Waals surface area (Å²) in [6.07, 6.45) is 0. The van der Waals surface area contributed by atoms with Crippen LogP contribution in [0.1, 0.15) is 11.3 Å². The lowest BCUT2D eigenvalue weighted by Gasteiger charge is -2.14. The van der Waals surface area contributed by atoms with Gasteiger partial charge in [0.1, 0.15) is 11.6 Å². The number of nitrogens with zero attached hydrogens (tertiary/aromatic N) is 2. The predicted molar refractivity (Wildman–Crippen MR) is 56.8 cm³/mol. The Bertz CT molecular complexity index is 443. The first kappa shape index (κ1) is 11.3. The molecule has 0 atom stereocenters. The summed E-state index contributed by atoms with van der Waals surface area (Å²) >= 11 is 0. The Hall–Kier alpha value is -1.80. The van der Waals surface area contributed by atoms with Crippen molar-refractivity contribution in [2.45, 2.75) is 6.61 Å². The topological polar surface area (TPSA) is 69.1 Å². The minimum Gasteiger partial charge on any atom is -0.378 e. The largest absolute Gasteiger partial charge is 0.378 e. The van der Waals surface area contributed by atoms with Crippen LogP contribution in [0.25, 0.3) is 0 Å². The van der Waals surface area contributed by atoms with Crippen molar-refractivity contribution in [2.75, 3.05) is 26.1 Å². The molecule has 0 amide bonds. The first-order valence-corrected chi connectivity index (χ1v) is 4.42. The summed E-state index contributed by atoms with van der Waals surface area (Å²) in [4.78, 5) is 15.8. The second-order valence-electron chi connectivity index (χ2n) is 3.32. The quantitative estimate of drug-likeness (QED) is 0.781. The molecule has 5 nitrogen and oxygen atoms in total. The van der Waals surface area contributed by atoms with Gasteiger partial charge < -0.3 is 14.6 Å². The molecule has 5 heteroatoms. The second-order valence-corrected chi connectivity index (χ2v) is 3.32. The van der Waals surface area contributed by atoms with Gasteiger partial charge in [-0.25, -0.2) is 0 Å². The highest BCUT2D eigenvalue weighted by atomic mass is 16.5. The predicted octanol–water partition coefficient (Wildman–Crippen LogP) is 0.459. The van der Waals surface area contributed by atoms with E-state index in [1.807, 2.05) is 6.07 Å². The Labute approximate surface area is 87.9 Å². The van der Waals surface area contributed by atoms with E-state index in [4.69, 9.17) is 10.00 Å². The first-order chi connectivity index (χ1) is 7.10. The van der Waals surface area contributed by atoms with Crippen molar-refractivity contribution in [3.8, 4) is 6.07 Å². The maximum Gasteiger partial charge on any atom is 0.268 e. The number of H-pyrrole nitrogens is 1. The van der Waals surface area contributed by atoms with Gasteiger partial charge in [0, 0.05) is 26.9 Å². The second kappa shape index (κ2) is 4.62. The summed E-state index contributed by atoms with van der Waals surface area (Å²) in [5.41, 5.74) is 1.01. The molecule has 0 aliphatic carbocycles. The van der Waals surface area contributed by atoms with Crippen molar-refractivity contribution >= 4 is 5.69 Å². The van der Waals surface area contributed by atoms with Crippen molar-refractivity contribution < 1.29 is 4.74 Å². The summed E-state index contributed by atoms with van der Waals surface area (Å²) in [7, 11) is 5.12. The van der Waals surface area contributed by atoms with E-state index in [1.165, 1.54) is 0 Å². The third-order valence-corrected chi connectivity index (χ3v) is 1.96. The molecule has 80 valence electrons. The maximum atomic E-state index is 11.5. The number of anilines is 1. The van der Waals surface area contributed by atoms with Gasteiger partial charge in [0.05, 0.1) is 12.3 Å². The molecule has 1 rings (SSSR count). The molecule has 1 N–H and O–H groups in total. The smallest absolute Gasteiger partial charge is 0.268 e. The molecule has 1 heterocycles. The van der Waals surface area contributed by atoms with Gasteiger partial charge in [0.2, 0.25) is 0 Å². The Morgan fingerprint density at radius 2 is 2.27 bits per heavy atom. The van der Waals surface area contributed by atoms with Crippen molar-refractivity contribution in [3.63, 3.8) is 0 Å². The number of hydrogen-bond donors (Lipinski definition) is 1.